The lowest BCUT2D eigenvalue weighted by atomic mass is 10.1. The fourth-order valence-electron chi connectivity index (χ4n) is 1.81. The average molecular weight is 299 g/mol. The molecule has 0 fully saturated rings. The van der Waals surface area contributed by atoms with Crippen molar-refractivity contribution >= 4 is 45.5 Å². The summed E-state index contributed by atoms with van der Waals surface area (Å²) in [5.41, 5.74) is 5.86. The van der Waals surface area contributed by atoms with Gasteiger partial charge in [-0.25, -0.2) is 0 Å². The van der Waals surface area contributed by atoms with E-state index >= 15 is 0 Å². The predicted octanol–water partition coefficient (Wildman–Crippen LogP) is 4.46. The summed E-state index contributed by atoms with van der Waals surface area (Å²) in [6, 6.07) is 4.64. The van der Waals surface area contributed by atoms with Gasteiger partial charge >= 0.3 is 0 Å². The molecule has 0 saturated heterocycles. The van der Waals surface area contributed by atoms with Crippen LogP contribution in [-0.4, -0.2) is 10.6 Å². The van der Waals surface area contributed by atoms with Gasteiger partial charge < -0.3 is 11.1 Å². The summed E-state index contributed by atoms with van der Waals surface area (Å²) in [5.74, 6) is 0.636. The molecular formula is C12H17N3S3. The molecule has 1 atom stereocenters. The predicted molar refractivity (Wildman–Crippen MR) is 83.9 cm³/mol. The number of rotatable bonds is 6. The van der Waals surface area contributed by atoms with Gasteiger partial charge in [0.2, 0.25) is 0 Å². The fraction of sp³-hybridized carbons (Fsp3) is 0.417. The summed E-state index contributed by atoms with van der Waals surface area (Å²) in [6.07, 6.45) is 4.30. The number of nitrogen functional groups attached to an aromatic ring is 1. The second-order valence-corrected chi connectivity index (χ2v) is 6.50. The van der Waals surface area contributed by atoms with E-state index in [1.807, 2.05) is 6.26 Å². The van der Waals surface area contributed by atoms with Crippen molar-refractivity contribution in [2.24, 2.45) is 0 Å². The second kappa shape index (κ2) is 6.45. The highest BCUT2D eigenvalue weighted by Gasteiger charge is 2.16. The van der Waals surface area contributed by atoms with Crippen molar-refractivity contribution in [1.29, 1.82) is 0 Å². The first-order valence-corrected chi connectivity index (χ1v) is 8.73. The third-order valence-electron chi connectivity index (χ3n) is 2.65. The molecule has 18 heavy (non-hydrogen) atoms. The Labute approximate surface area is 120 Å². The first-order valence-electron chi connectivity index (χ1n) is 5.85. The van der Waals surface area contributed by atoms with Crippen molar-refractivity contribution < 1.29 is 0 Å². The summed E-state index contributed by atoms with van der Waals surface area (Å²) in [7, 11) is 0. The van der Waals surface area contributed by atoms with E-state index < -0.39 is 0 Å². The first kappa shape index (κ1) is 13.7. The van der Waals surface area contributed by atoms with Gasteiger partial charge in [-0.05, 0) is 35.7 Å². The lowest BCUT2D eigenvalue weighted by molar-refractivity contribution is 0.688. The number of hydrogen-bond acceptors (Lipinski definition) is 6. The van der Waals surface area contributed by atoms with Gasteiger partial charge in [0, 0.05) is 4.88 Å². The van der Waals surface area contributed by atoms with Crippen LogP contribution in [0.3, 0.4) is 0 Å². The molecule has 0 aliphatic rings. The van der Waals surface area contributed by atoms with Crippen LogP contribution in [0.25, 0.3) is 0 Å². The van der Waals surface area contributed by atoms with Gasteiger partial charge in [-0.2, -0.15) is 4.37 Å². The minimum atomic E-state index is 0.362. The summed E-state index contributed by atoms with van der Waals surface area (Å²) >= 11 is 4.89. The van der Waals surface area contributed by atoms with Crippen LogP contribution in [0.2, 0.25) is 0 Å². The molecule has 0 bridgehead atoms. The normalized spacial score (nSPS) is 12.6. The zero-order chi connectivity index (χ0) is 13.0. The largest absolute Gasteiger partial charge is 0.382 e. The number of nitrogens with zero attached hydrogens (tertiary/aromatic N) is 1. The Bertz CT molecular complexity index is 479. The Kier molecular flexibility index (Phi) is 4.91. The molecule has 2 heterocycles. The lowest BCUT2D eigenvalue weighted by Crippen LogP contribution is -2.08. The zero-order valence-electron chi connectivity index (χ0n) is 10.5. The van der Waals surface area contributed by atoms with Crippen LogP contribution in [-0.2, 0) is 0 Å². The van der Waals surface area contributed by atoms with Gasteiger partial charge in [0.15, 0.2) is 5.82 Å². The topological polar surface area (TPSA) is 50.9 Å². The van der Waals surface area contributed by atoms with Gasteiger partial charge in [0.05, 0.1) is 10.9 Å². The number of thiophene rings is 1. The molecule has 98 valence electrons. The Hall–Kier alpha value is -0.720. The summed E-state index contributed by atoms with van der Waals surface area (Å²) in [4.78, 5) is 2.44. The molecule has 0 aromatic carbocycles. The Balaban J connectivity index is 2.18. The minimum absolute atomic E-state index is 0.362. The van der Waals surface area contributed by atoms with Gasteiger partial charge in [0.25, 0.3) is 0 Å². The van der Waals surface area contributed by atoms with E-state index in [1.165, 1.54) is 16.4 Å². The molecule has 0 saturated carbocycles. The third kappa shape index (κ3) is 2.99. The number of thioether (sulfide) groups is 1. The SMILES string of the molecule is CCCC(Nc1snc(N)c1SC)c1cccs1. The maximum atomic E-state index is 5.86. The maximum absolute atomic E-state index is 5.86. The number of anilines is 2. The first-order chi connectivity index (χ1) is 8.76. The quantitative estimate of drug-likeness (QED) is 0.773. The molecule has 2 aromatic rings. The van der Waals surface area contributed by atoms with E-state index in [0.717, 1.165) is 22.7 Å². The van der Waals surface area contributed by atoms with Gasteiger partial charge in [-0.15, -0.1) is 23.1 Å². The molecule has 0 spiro atoms. The van der Waals surface area contributed by atoms with Crippen molar-refractivity contribution in [2.45, 2.75) is 30.7 Å². The van der Waals surface area contributed by atoms with Crippen molar-refractivity contribution in [3.8, 4) is 0 Å². The third-order valence-corrected chi connectivity index (χ3v) is 5.38. The van der Waals surface area contributed by atoms with Crippen molar-refractivity contribution in [3.63, 3.8) is 0 Å². The molecule has 0 aliphatic carbocycles. The van der Waals surface area contributed by atoms with Gasteiger partial charge in [-0.1, -0.05) is 19.4 Å². The standard InChI is InChI=1S/C12H17N3S3/c1-3-5-8(9-6-4-7-17-9)14-12-10(16-2)11(13)15-18-12/h4,6-8,14H,3,5H2,1-2H3,(H2,13,15). The Morgan fingerprint density at radius 1 is 1.56 bits per heavy atom. The van der Waals surface area contributed by atoms with E-state index in [0.29, 0.717) is 11.9 Å². The van der Waals surface area contributed by atoms with E-state index in [2.05, 4.69) is 34.1 Å². The highest BCUT2D eigenvalue weighted by Crippen LogP contribution is 2.38. The zero-order valence-corrected chi connectivity index (χ0v) is 12.9. The van der Waals surface area contributed by atoms with Crippen LogP contribution in [0.5, 0.6) is 0 Å². The van der Waals surface area contributed by atoms with E-state index in [4.69, 9.17) is 5.73 Å². The van der Waals surface area contributed by atoms with Crippen LogP contribution in [0.1, 0.15) is 30.7 Å². The van der Waals surface area contributed by atoms with Crippen molar-refractivity contribution in [1.82, 2.24) is 4.37 Å². The molecule has 3 N–H and O–H groups in total. The molecule has 1 unspecified atom stereocenters. The van der Waals surface area contributed by atoms with E-state index in [1.54, 1.807) is 23.1 Å². The number of nitrogens with two attached hydrogens (primary N) is 1. The van der Waals surface area contributed by atoms with E-state index in [-0.39, 0.29) is 0 Å². The minimum Gasteiger partial charge on any atom is -0.382 e. The highest BCUT2D eigenvalue weighted by molar-refractivity contribution is 7.99. The van der Waals surface area contributed by atoms with Crippen LogP contribution in [0.15, 0.2) is 22.4 Å². The molecule has 0 aliphatic heterocycles. The van der Waals surface area contributed by atoms with Gasteiger partial charge in [-0.3, -0.25) is 0 Å². The molecule has 6 heteroatoms. The van der Waals surface area contributed by atoms with Crippen LogP contribution < -0.4 is 11.1 Å². The maximum Gasteiger partial charge on any atom is 0.153 e. The molecule has 3 nitrogen and oxygen atoms in total. The summed E-state index contributed by atoms with van der Waals surface area (Å²) in [5, 5.41) is 6.80. The molecular weight excluding hydrogens is 282 g/mol. The molecule has 2 rings (SSSR count). The number of aromatic nitrogens is 1. The number of hydrogen-bond donors (Lipinski definition) is 2. The van der Waals surface area contributed by atoms with Crippen molar-refractivity contribution in [3.05, 3.63) is 22.4 Å². The van der Waals surface area contributed by atoms with Crippen LogP contribution >= 0.6 is 34.6 Å². The summed E-state index contributed by atoms with van der Waals surface area (Å²) in [6.45, 7) is 2.21. The smallest absolute Gasteiger partial charge is 0.153 e. The second-order valence-electron chi connectivity index (χ2n) is 3.93. The van der Waals surface area contributed by atoms with Gasteiger partial charge in [0.1, 0.15) is 5.00 Å². The number of nitrogens with one attached hydrogen (secondary N) is 1. The van der Waals surface area contributed by atoms with Crippen LogP contribution in [0.4, 0.5) is 10.8 Å². The van der Waals surface area contributed by atoms with Crippen molar-refractivity contribution in [2.75, 3.05) is 17.3 Å². The lowest BCUT2D eigenvalue weighted by Gasteiger charge is -2.17. The Morgan fingerprint density at radius 3 is 3.00 bits per heavy atom. The average Bonchev–Trinajstić information content (AvgIpc) is 2.98. The molecule has 0 radical (unpaired) electrons. The highest BCUT2D eigenvalue weighted by atomic mass is 32.2. The summed E-state index contributed by atoms with van der Waals surface area (Å²) < 4.78 is 4.22. The monoisotopic (exact) mass is 299 g/mol. The van der Waals surface area contributed by atoms with Crippen LogP contribution in [0, 0.1) is 0 Å². The van der Waals surface area contributed by atoms with E-state index in [9.17, 15) is 0 Å². The Morgan fingerprint density at radius 2 is 2.39 bits per heavy atom. The molecule has 0 amide bonds. The fourth-order valence-corrected chi connectivity index (χ4v) is 4.20. The molecule has 2 aromatic heterocycles.